The van der Waals surface area contributed by atoms with Crippen molar-refractivity contribution in [2.45, 2.75) is 26.8 Å². The third-order valence-corrected chi connectivity index (χ3v) is 6.30. The Morgan fingerprint density at radius 3 is 2.65 bits per heavy atom. The molecule has 31 heavy (non-hydrogen) atoms. The molecule has 0 amide bonds. The van der Waals surface area contributed by atoms with Crippen LogP contribution in [0, 0.1) is 6.92 Å². The van der Waals surface area contributed by atoms with Gasteiger partial charge in [-0.25, -0.2) is 4.98 Å². The molecule has 1 aromatic carbocycles. The smallest absolute Gasteiger partial charge is 0.194 e. The monoisotopic (exact) mass is 438 g/mol. The molecule has 164 valence electrons. The Hall–Kier alpha value is -2.71. The fraction of sp³-hybridized carbons (Fsp3) is 0.435. The molecule has 0 atom stereocenters. The van der Waals surface area contributed by atoms with E-state index in [1.807, 2.05) is 6.07 Å². The van der Waals surface area contributed by atoms with Crippen LogP contribution >= 0.6 is 11.3 Å². The standard InChI is InChI=1S/C23H30N6OS/c1-3-24-23(29-13-11-28(12-14-29)16-20-9-15-30-27-20)25-10-8-21-17-31-22(26-21)19-6-4-18(2)5-7-19/h4-7,9,15,17H,3,8,10-14,16H2,1-2H3,(H,24,25). The zero-order valence-corrected chi connectivity index (χ0v) is 19.1. The van der Waals surface area contributed by atoms with E-state index in [2.05, 4.69) is 63.8 Å². The molecule has 0 bridgehead atoms. The Morgan fingerprint density at radius 2 is 1.94 bits per heavy atom. The van der Waals surface area contributed by atoms with Gasteiger partial charge in [0.1, 0.15) is 11.3 Å². The van der Waals surface area contributed by atoms with Gasteiger partial charge in [0.2, 0.25) is 0 Å². The molecule has 0 spiro atoms. The minimum absolute atomic E-state index is 0.735. The highest BCUT2D eigenvalue weighted by Crippen LogP contribution is 2.24. The Balaban J connectivity index is 1.30. The SMILES string of the molecule is CCNC(=NCCc1csc(-c2ccc(C)cc2)n1)N1CCN(Cc2ccon2)CC1. The van der Waals surface area contributed by atoms with E-state index in [0.29, 0.717) is 0 Å². The lowest BCUT2D eigenvalue weighted by molar-refractivity contribution is 0.169. The number of aromatic nitrogens is 2. The van der Waals surface area contributed by atoms with E-state index in [1.165, 1.54) is 11.1 Å². The summed E-state index contributed by atoms with van der Waals surface area (Å²) in [5.74, 6) is 0.998. The van der Waals surface area contributed by atoms with Crippen LogP contribution in [0.25, 0.3) is 10.6 Å². The van der Waals surface area contributed by atoms with Crippen molar-refractivity contribution < 1.29 is 4.52 Å². The first kappa shape index (κ1) is 21.5. The molecule has 1 aliphatic rings. The Labute approximate surface area is 187 Å². The van der Waals surface area contributed by atoms with Crippen molar-refractivity contribution in [3.8, 4) is 10.6 Å². The summed E-state index contributed by atoms with van der Waals surface area (Å²) in [5.41, 5.74) is 4.55. The highest BCUT2D eigenvalue weighted by atomic mass is 32.1. The van der Waals surface area contributed by atoms with Gasteiger partial charge in [-0.3, -0.25) is 9.89 Å². The zero-order chi connectivity index (χ0) is 21.5. The quantitative estimate of drug-likeness (QED) is 0.450. The van der Waals surface area contributed by atoms with Crippen LogP contribution in [0.15, 0.2) is 51.5 Å². The van der Waals surface area contributed by atoms with E-state index < -0.39 is 0 Å². The molecule has 4 rings (SSSR count). The minimum Gasteiger partial charge on any atom is -0.364 e. The van der Waals surface area contributed by atoms with Crippen LogP contribution in [-0.2, 0) is 13.0 Å². The molecule has 0 radical (unpaired) electrons. The van der Waals surface area contributed by atoms with Crippen molar-refractivity contribution in [2.75, 3.05) is 39.3 Å². The highest BCUT2D eigenvalue weighted by molar-refractivity contribution is 7.13. The van der Waals surface area contributed by atoms with Crippen LogP contribution in [0.2, 0.25) is 0 Å². The van der Waals surface area contributed by atoms with Crippen molar-refractivity contribution >= 4 is 17.3 Å². The molecule has 8 heteroatoms. The van der Waals surface area contributed by atoms with Crippen LogP contribution in [-0.4, -0.2) is 65.2 Å². The van der Waals surface area contributed by atoms with Crippen LogP contribution in [0.1, 0.15) is 23.9 Å². The fourth-order valence-corrected chi connectivity index (χ4v) is 4.48. The van der Waals surface area contributed by atoms with Crippen LogP contribution < -0.4 is 5.32 Å². The molecule has 7 nitrogen and oxygen atoms in total. The second-order valence-electron chi connectivity index (χ2n) is 7.75. The number of benzene rings is 1. The molecule has 0 saturated carbocycles. The Morgan fingerprint density at radius 1 is 1.13 bits per heavy atom. The molecule has 1 aliphatic heterocycles. The number of guanidine groups is 1. The van der Waals surface area contributed by atoms with Gasteiger partial charge >= 0.3 is 0 Å². The molecule has 1 N–H and O–H groups in total. The number of rotatable bonds is 7. The van der Waals surface area contributed by atoms with Gasteiger partial charge in [-0.1, -0.05) is 35.0 Å². The van der Waals surface area contributed by atoms with E-state index in [4.69, 9.17) is 14.5 Å². The number of aliphatic imine (C=N–C) groups is 1. The minimum atomic E-state index is 0.735. The van der Waals surface area contributed by atoms with Gasteiger partial charge in [0.15, 0.2) is 5.96 Å². The van der Waals surface area contributed by atoms with Crippen molar-refractivity contribution in [3.05, 3.63) is 58.9 Å². The van der Waals surface area contributed by atoms with E-state index in [0.717, 1.165) is 74.6 Å². The molecule has 0 aliphatic carbocycles. The number of hydrogen-bond donors (Lipinski definition) is 1. The predicted octanol–water partition coefficient (Wildman–Crippen LogP) is 3.43. The first-order valence-electron chi connectivity index (χ1n) is 10.9. The predicted molar refractivity (Wildman–Crippen MR) is 125 cm³/mol. The molecule has 3 heterocycles. The number of piperazine rings is 1. The van der Waals surface area contributed by atoms with Crippen molar-refractivity contribution in [3.63, 3.8) is 0 Å². The number of hydrogen-bond acceptors (Lipinski definition) is 6. The summed E-state index contributed by atoms with van der Waals surface area (Å²) in [6.07, 6.45) is 2.48. The van der Waals surface area contributed by atoms with E-state index in [1.54, 1.807) is 17.6 Å². The van der Waals surface area contributed by atoms with Crippen molar-refractivity contribution in [2.24, 2.45) is 4.99 Å². The van der Waals surface area contributed by atoms with Crippen LogP contribution in [0.3, 0.4) is 0 Å². The summed E-state index contributed by atoms with van der Waals surface area (Å²) in [6, 6.07) is 10.5. The summed E-state index contributed by atoms with van der Waals surface area (Å²) in [7, 11) is 0. The second kappa shape index (κ2) is 10.5. The van der Waals surface area contributed by atoms with E-state index in [-0.39, 0.29) is 0 Å². The van der Waals surface area contributed by atoms with Gasteiger partial charge in [0.05, 0.1) is 11.4 Å². The lowest BCUT2D eigenvalue weighted by atomic mass is 10.2. The summed E-state index contributed by atoms with van der Waals surface area (Å²) in [6.45, 7) is 10.6. The maximum atomic E-state index is 4.94. The van der Waals surface area contributed by atoms with Crippen molar-refractivity contribution in [1.29, 1.82) is 0 Å². The van der Waals surface area contributed by atoms with Gasteiger partial charge in [0, 0.05) is 69.2 Å². The first-order chi connectivity index (χ1) is 15.2. The molecule has 2 aromatic heterocycles. The molecular weight excluding hydrogens is 408 g/mol. The maximum Gasteiger partial charge on any atom is 0.194 e. The van der Waals surface area contributed by atoms with Gasteiger partial charge < -0.3 is 14.7 Å². The zero-order valence-electron chi connectivity index (χ0n) is 18.3. The molecular formula is C23H30N6OS. The topological polar surface area (TPSA) is 69.8 Å². The highest BCUT2D eigenvalue weighted by Gasteiger charge is 2.20. The molecule has 3 aromatic rings. The molecule has 1 saturated heterocycles. The van der Waals surface area contributed by atoms with Gasteiger partial charge in [-0.15, -0.1) is 11.3 Å². The van der Waals surface area contributed by atoms with Crippen LogP contribution in [0.4, 0.5) is 0 Å². The Bertz CT molecular complexity index is 958. The summed E-state index contributed by atoms with van der Waals surface area (Å²) in [4.78, 5) is 14.4. The lowest BCUT2D eigenvalue weighted by Gasteiger charge is -2.36. The third-order valence-electron chi connectivity index (χ3n) is 5.36. The normalized spacial score (nSPS) is 15.4. The van der Waals surface area contributed by atoms with E-state index in [9.17, 15) is 0 Å². The summed E-state index contributed by atoms with van der Waals surface area (Å²) in [5, 5.41) is 10.7. The summed E-state index contributed by atoms with van der Waals surface area (Å²) < 4.78 is 4.94. The average Bonchev–Trinajstić information content (AvgIpc) is 3.47. The van der Waals surface area contributed by atoms with Gasteiger partial charge in [-0.05, 0) is 13.8 Å². The average molecular weight is 439 g/mol. The fourth-order valence-electron chi connectivity index (χ4n) is 3.62. The maximum absolute atomic E-state index is 4.94. The van der Waals surface area contributed by atoms with Gasteiger partial charge in [-0.2, -0.15) is 0 Å². The molecule has 0 unspecified atom stereocenters. The second-order valence-corrected chi connectivity index (χ2v) is 8.61. The van der Waals surface area contributed by atoms with Crippen molar-refractivity contribution in [1.82, 2.24) is 25.3 Å². The Kier molecular flexibility index (Phi) is 7.32. The first-order valence-corrected chi connectivity index (χ1v) is 11.8. The number of aryl methyl sites for hydroxylation is 1. The molecule has 1 fully saturated rings. The summed E-state index contributed by atoms with van der Waals surface area (Å²) >= 11 is 1.70. The largest absolute Gasteiger partial charge is 0.364 e. The number of nitrogens with one attached hydrogen (secondary N) is 1. The number of nitrogens with zero attached hydrogens (tertiary/aromatic N) is 5. The third kappa shape index (κ3) is 5.92. The van der Waals surface area contributed by atoms with Crippen LogP contribution in [0.5, 0.6) is 0 Å². The van der Waals surface area contributed by atoms with Gasteiger partial charge in [0.25, 0.3) is 0 Å². The van der Waals surface area contributed by atoms with E-state index >= 15 is 0 Å². The number of thiazole rings is 1. The lowest BCUT2D eigenvalue weighted by Crippen LogP contribution is -2.52.